The summed E-state index contributed by atoms with van der Waals surface area (Å²) in [6, 6.07) is 0.455. The maximum absolute atomic E-state index is 9.73. The van der Waals surface area contributed by atoms with Crippen LogP contribution in [-0.2, 0) is 4.74 Å². The number of aliphatic hydroxyl groups is 1. The van der Waals surface area contributed by atoms with Crippen LogP contribution in [-0.4, -0.2) is 48.5 Å². The Morgan fingerprint density at radius 1 is 1.44 bits per heavy atom. The third-order valence-electron chi connectivity index (χ3n) is 2.95. The zero-order valence-corrected chi connectivity index (χ0v) is 11.3. The molecule has 2 N–H and O–H groups in total. The minimum Gasteiger partial charge on any atom is -0.389 e. The molecule has 1 aliphatic carbocycles. The molecular formula is C12H25NO2S. The molecule has 4 heteroatoms. The molecule has 0 heterocycles. The van der Waals surface area contributed by atoms with Gasteiger partial charge in [-0.3, -0.25) is 0 Å². The van der Waals surface area contributed by atoms with Crippen LogP contribution in [0.15, 0.2) is 0 Å². The molecule has 1 rings (SSSR count). The lowest BCUT2D eigenvalue weighted by Crippen LogP contribution is -2.37. The molecule has 0 aromatic carbocycles. The molecule has 0 aliphatic heterocycles. The van der Waals surface area contributed by atoms with Gasteiger partial charge in [0.15, 0.2) is 0 Å². The number of thioether (sulfide) groups is 1. The Morgan fingerprint density at radius 3 is 2.75 bits per heavy atom. The van der Waals surface area contributed by atoms with Crippen molar-refractivity contribution in [3.63, 3.8) is 0 Å². The van der Waals surface area contributed by atoms with Crippen LogP contribution in [0.3, 0.4) is 0 Å². The molecular weight excluding hydrogens is 222 g/mol. The van der Waals surface area contributed by atoms with Gasteiger partial charge in [0.25, 0.3) is 0 Å². The summed E-state index contributed by atoms with van der Waals surface area (Å²) in [5, 5.41) is 13.0. The monoisotopic (exact) mass is 247 g/mol. The smallest absolute Gasteiger partial charge is 0.0897 e. The van der Waals surface area contributed by atoms with Crippen LogP contribution in [0, 0.1) is 0 Å². The average Bonchev–Trinajstić information content (AvgIpc) is 2.77. The second kappa shape index (κ2) is 8.34. The molecule has 0 aromatic heterocycles. The van der Waals surface area contributed by atoms with Gasteiger partial charge in [-0.1, -0.05) is 12.8 Å². The lowest BCUT2D eigenvalue weighted by Gasteiger charge is -2.18. The fraction of sp³-hybridized carbons (Fsp3) is 1.00. The molecule has 0 saturated heterocycles. The van der Waals surface area contributed by atoms with E-state index in [9.17, 15) is 5.11 Å². The van der Waals surface area contributed by atoms with Gasteiger partial charge in [0.2, 0.25) is 0 Å². The predicted octanol–water partition coefficient (Wildman–Crippen LogP) is 1.65. The highest BCUT2D eigenvalue weighted by molar-refractivity contribution is 7.98. The van der Waals surface area contributed by atoms with Gasteiger partial charge >= 0.3 is 0 Å². The SMILES string of the molecule is CSCC(C)NCC(O)COC1CCCC1. The summed E-state index contributed by atoms with van der Waals surface area (Å²) in [5.41, 5.74) is 0. The standard InChI is InChI=1S/C12H25NO2S/c1-10(9-16-2)13-7-11(14)8-15-12-5-3-4-6-12/h10-14H,3-9H2,1-2H3. The van der Waals surface area contributed by atoms with Crippen molar-refractivity contribution in [2.75, 3.05) is 25.2 Å². The lowest BCUT2D eigenvalue weighted by molar-refractivity contribution is -0.00589. The highest BCUT2D eigenvalue weighted by Gasteiger charge is 2.16. The van der Waals surface area contributed by atoms with Gasteiger partial charge in [-0.2, -0.15) is 11.8 Å². The predicted molar refractivity (Wildman–Crippen MR) is 70.1 cm³/mol. The van der Waals surface area contributed by atoms with Crippen LogP contribution >= 0.6 is 11.8 Å². The minimum atomic E-state index is -0.370. The molecule has 0 bridgehead atoms. The molecule has 0 spiro atoms. The van der Waals surface area contributed by atoms with E-state index in [2.05, 4.69) is 18.5 Å². The van der Waals surface area contributed by atoms with Crippen LogP contribution < -0.4 is 5.32 Å². The second-order valence-electron chi connectivity index (χ2n) is 4.66. The number of rotatable bonds is 8. The Bertz CT molecular complexity index is 174. The van der Waals surface area contributed by atoms with Crippen molar-refractivity contribution in [1.82, 2.24) is 5.32 Å². The van der Waals surface area contributed by atoms with Gasteiger partial charge in [-0.05, 0) is 26.0 Å². The van der Waals surface area contributed by atoms with Crippen molar-refractivity contribution < 1.29 is 9.84 Å². The third-order valence-corrected chi connectivity index (χ3v) is 3.78. The van der Waals surface area contributed by atoms with Crippen molar-refractivity contribution >= 4 is 11.8 Å². The highest BCUT2D eigenvalue weighted by atomic mass is 32.2. The molecule has 0 aromatic rings. The molecule has 0 amide bonds. The van der Waals surface area contributed by atoms with E-state index in [4.69, 9.17) is 4.74 Å². The summed E-state index contributed by atoms with van der Waals surface area (Å²) in [4.78, 5) is 0. The van der Waals surface area contributed by atoms with Crippen molar-refractivity contribution in [3.05, 3.63) is 0 Å². The lowest BCUT2D eigenvalue weighted by atomic mass is 10.3. The topological polar surface area (TPSA) is 41.5 Å². The summed E-state index contributed by atoms with van der Waals surface area (Å²) in [7, 11) is 0. The normalized spacial score (nSPS) is 21.2. The molecule has 3 nitrogen and oxygen atoms in total. The minimum absolute atomic E-state index is 0.370. The Labute approximate surface area is 103 Å². The van der Waals surface area contributed by atoms with Gasteiger partial charge < -0.3 is 15.2 Å². The van der Waals surface area contributed by atoms with Gasteiger partial charge in [-0.15, -0.1) is 0 Å². The molecule has 16 heavy (non-hydrogen) atoms. The Balaban J connectivity index is 1.99. The summed E-state index contributed by atoms with van der Waals surface area (Å²) in [6.07, 6.45) is 7.03. The Morgan fingerprint density at radius 2 is 2.12 bits per heavy atom. The van der Waals surface area contributed by atoms with E-state index < -0.39 is 0 Å². The van der Waals surface area contributed by atoms with Gasteiger partial charge in [0.05, 0.1) is 18.8 Å². The fourth-order valence-corrected chi connectivity index (χ4v) is 2.63. The average molecular weight is 247 g/mol. The summed E-state index contributed by atoms with van der Waals surface area (Å²) in [6.45, 7) is 3.25. The molecule has 0 radical (unpaired) electrons. The molecule has 2 unspecified atom stereocenters. The quantitative estimate of drug-likeness (QED) is 0.684. The van der Waals surface area contributed by atoms with Crippen molar-refractivity contribution in [1.29, 1.82) is 0 Å². The fourth-order valence-electron chi connectivity index (χ4n) is 2.01. The van der Waals surface area contributed by atoms with E-state index in [0.717, 1.165) is 5.75 Å². The first-order valence-electron chi connectivity index (χ1n) is 6.24. The third kappa shape index (κ3) is 6.09. The van der Waals surface area contributed by atoms with Crippen LogP contribution in [0.5, 0.6) is 0 Å². The first-order valence-corrected chi connectivity index (χ1v) is 7.63. The first-order chi connectivity index (χ1) is 7.72. The maximum Gasteiger partial charge on any atom is 0.0897 e. The first kappa shape index (κ1) is 14.3. The molecule has 1 fully saturated rings. The summed E-state index contributed by atoms with van der Waals surface area (Å²) >= 11 is 1.82. The second-order valence-corrected chi connectivity index (χ2v) is 5.57. The van der Waals surface area contributed by atoms with E-state index in [-0.39, 0.29) is 6.10 Å². The molecule has 2 atom stereocenters. The number of hydrogen-bond donors (Lipinski definition) is 2. The zero-order valence-electron chi connectivity index (χ0n) is 10.4. The number of ether oxygens (including phenoxy) is 1. The van der Waals surface area contributed by atoms with Crippen LogP contribution in [0.4, 0.5) is 0 Å². The van der Waals surface area contributed by atoms with E-state index in [1.807, 2.05) is 11.8 Å². The zero-order chi connectivity index (χ0) is 11.8. The van der Waals surface area contributed by atoms with E-state index in [1.165, 1.54) is 25.7 Å². The molecule has 96 valence electrons. The van der Waals surface area contributed by atoms with Crippen LogP contribution in [0.2, 0.25) is 0 Å². The molecule has 1 saturated carbocycles. The summed E-state index contributed by atoms with van der Waals surface area (Å²) < 4.78 is 5.66. The van der Waals surface area contributed by atoms with Crippen molar-refractivity contribution in [2.24, 2.45) is 0 Å². The number of nitrogens with one attached hydrogen (secondary N) is 1. The number of hydrogen-bond acceptors (Lipinski definition) is 4. The van der Waals surface area contributed by atoms with E-state index in [0.29, 0.717) is 25.3 Å². The van der Waals surface area contributed by atoms with Gasteiger partial charge in [0.1, 0.15) is 0 Å². The van der Waals surface area contributed by atoms with Crippen LogP contribution in [0.25, 0.3) is 0 Å². The number of aliphatic hydroxyl groups excluding tert-OH is 1. The van der Waals surface area contributed by atoms with Gasteiger partial charge in [0, 0.05) is 18.3 Å². The largest absolute Gasteiger partial charge is 0.389 e. The summed E-state index contributed by atoms with van der Waals surface area (Å²) in [5.74, 6) is 1.08. The van der Waals surface area contributed by atoms with Crippen LogP contribution in [0.1, 0.15) is 32.6 Å². The highest BCUT2D eigenvalue weighted by Crippen LogP contribution is 2.20. The molecule has 1 aliphatic rings. The van der Waals surface area contributed by atoms with E-state index >= 15 is 0 Å². The van der Waals surface area contributed by atoms with Gasteiger partial charge in [-0.25, -0.2) is 0 Å². The maximum atomic E-state index is 9.73. The van der Waals surface area contributed by atoms with Crippen molar-refractivity contribution in [3.8, 4) is 0 Å². The van der Waals surface area contributed by atoms with E-state index in [1.54, 1.807) is 0 Å². The Kier molecular flexibility index (Phi) is 7.45. The van der Waals surface area contributed by atoms with Crippen molar-refractivity contribution in [2.45, 2.75) is 50.9 Å². The Hall–Kier alpha value is 0.230.